The van der Waals surface area contributed by atoms with Crippen LogP contribution in [0.4, 0.5) is 5.69 Å². The first-order chi connectivity index (χ1) is 10.8. The summed E-state index contributed by atoms with van der Waals surface area (Å²) in [5.41, 5.74) is -0.580. The van der Waals surface area contributed by atoms with E-state index in [1.807, 2.05) is 0 Å². The molecule has 2 rings (SSSR count). The zero-order valence-electron chi connectivity index (χ0n) is 11.9. The Bertz CT molecular complexity index is 786. The van der Waals surface area contributed by atoms with Crippen molar-refractivity contribution >= 4 is 17.6 Å². The molecule has 1 amide bonds. The SMILES string of the molecule is COC(=O)c1cc(O)c(O)cc1NC(=O)c1cc(O)ccc1O. The van der Waals surface area contributed by atoms with Gasteiger partial charge in [-0.25, -0.2) is 4.79 Å². The van der Waals surface area contributed by atoms with Crippen LogP contribution in [0.1, 0.15) is 20.7 Å². The van der Waals surface area contributed by atoms with Crippen molar-refractivity contribution in [2.24, 2.45) is 0 Å². The summed E-state index contributed by atoms with van der Waals surface area (Å²) in [4.78, 5) is 23.8. The monoisotopic (exact) mass is 319 g/mol. The van der Waals surface area contributed by atoms with E-state index in [0.29, 0.717) is 0 Å². The lowest BCUT2D eigenvalue weighted by Gasteiger charge is -2.12. The van der Waals surface area contributed by atoms with Crippen molar-refractivity contribution in [1.82, 2.24) is 0 Å². The first-order valence-electron chi connectivity index (χ1n) is 6.31. The zero-order valence-corrected chi connectivity index (χ0v) is 11.9. The fourth-order valence-electron chi connectivity index (χ4n) is 1.85. The van der Waals surface area contributed by atoms with Gasteiger partial charge in [0.1, 0.15) is 11.5 Å². The average Bonchev–Trinajstić information content (AvgIpc) is 2.52. The maximum atomic E-state index is 12.2. The molecule has 120 valence electrons. The Morgan fingerprint density at radius 1 is 0.913 bits per heavy atom. The maximum Gasteiger partial charge on any atom is 0.340 e. The van der Waals surface area contributed by atoms with Crippen molar-refractivity contribution in [3.63, 3.8) is 0 Å². The molecule has 0 aromatic heterocycles. The molecular formula is C15H13NO7. The Labute approximate surface area is 130 Å². The summed E-state index contributed by atoms with van der Waals surface area (Å²) in [5.74, 6) is -3.45. The highest BCUT2D eigenvalue weighted by molar-refractivity contribution is 6.09. The van der Waals surface area contributed by atoms with Gasteiger partial charge in [-0.15, -0.1) is 0 Å². The molecule has 2 aromatic rings. The highest BCUT2D eigenvalue weighted by Crippen LogP contribution is 2.32. The molecule has 0 spiro atoms. The number of methoxy groups -OCH3 is 1. The maximum absolute atomic E-state index is 12.2. The lowest BCUT2D eigenvalue weighted by Crippen LogP contribution is -2.15. The van der Waals surface area contributed by atoms with Crippen molar-refractivity contribution in [3.05, 3.63) is 41.5 Å². The van der Waals surface area contributed by atoms with Crippen molar-refractivity contribution < 1.29 is 34.8 Å². The number of rotatable bonds is 3. The second kappa shape index (κ2) is 6.14. The van der Waals surface area contributed by atoms with Crippen molar-refractivity contribution in [2.45, 2.75) is 0 Å². The molecular weight excluding hydrogens is 306 g/mol. The molecule has 0 fully saturated rings. The van der Waals surface area contributed by atoms with Crippen LogP contribution in [0.2, 0.25) is 0 Å². The number of nitrogens with one attached hydrogen (secondary N) is 1. The highest BCUT2D eigenvalue weighted by Gasteiger charge is 2.20. The van der Waals surface area contributed by atoms with Crippen molar-refractivity contribution in [2.75, 3.05) is 12.4 Å². The van der Waals surface area contributed by atoms with Gasteiger partial charge < -0.3 is 30.5 Å². The Hall–Kier alpha value is -3.42. The second-order valence-corrected chi connectivity index (χ2v) is 4.53. The average molecular weight is 319 g/mol. The lowest BCUT2D eigenvalue weighted by atomic mass is 10.1. The molecule has 2 aromatic carbocycles. The van der Waals surface area contributed by atoms with E-state index in [2.05, 4.69) is 10.1 Å². The van der Waals surface area contributed by atoms with Gasteiger partial charge in [0, 0.05) is 12.1 Å². The molecule has 0 aliphatic rings. The minimum Gasteiger partial charge on any atom is -0.508 e. The van der Waals surface area contributed by atoms with Crippen LogP contribution in [0.15, 0.2) is 30.3 Å². The number of phenols is 4. The number of anilines is 1. The van der Waals surface area contributed by atoms with Crippen LogP contribution < -0.4 is 5.32 Å². The largest absolute Gasteiger partial charge is 0.508 e. The van der Waals surface area contributed by atoms with Crippen LogP contribution in [0.3, 0.4) is 0 Å². The molecule has 0 atom stereocenters. The Morgan fingerprint density at radius 2 is 1.57 bits per heavy atom. The standard InChI is InChI=1S/C15H13NO7/c1-23-15(22)8-5-12(19)13(20)6-10(8)16-14(21)9-4-7(17)2-3-11(9)18/h2-6,17-20H,1H3,(H,16,21). The molecule has 0 bridgehead atoms. The van der Waals surface area contributed by atoms with Gasteiger partial charge in [-0.05, 0) is 18.2 Å². The van der Waals surface area contributed by atoms with Gasteiger partial charge in [0.05, 0.1) is 23.9 Å². The minimum absolute atomic E-state index is 0.139. The number of esters is 1. The van der Waals surface area contributed by atoms with Crippen LogP contribution in [0.25, 0.3) is 0 Å². The van der Waals surface area contributed by atoms with E-state index in [1.165, 1.54) is 6.07 Å². The van der Waals surface area contributed by atoms with Gasteiger partial charge in [0.15, 0.2) is 11.5 Å². The lowest BCUT2D eigenvalue weighted by molar-refractivity contribution is 0.0601. The van der Waals surface area contributed by atoms with Crippen molar-refractivity contribution in [1.29, 1.82) is 0 Å². The smallest absolute Gasteiger partial charge is 0.340 e. The Morgan fingerprint density at radius 3 is 2.22 bits per heavy atom. The topological polar surface area (TPSA) is 136 Å². The molecule has 0 saturated carbocycles. The number of carbonyl (C=O) groups excluding carboxylic acids is 2. The molecule has 0 unspecified atom stereocenters. The summed E-state index contributed by atoms with van der Waals surface area (Å²) in [5, 5.41) is 40.3. The molecule has 5 N–H and O–H groups in total. The van der Waals surface area contributed by atoms with Gasteiger partial charge in [0.2, 0.25) is 0 Å². The van der Waals surface area contributed by atoms with E-state index in [4.69, 9.17) is 0 Å². The quantitative estimate of drug-likeness (QED) is 0.329. The molecule has 0 heterocycles. The first kappa shape index (κ1) is 16.0. The zero-order chi connectivity index (χ0) is 17.1. The number of hydrogen-bond acceptors (Lipinski definition) is 7. The molecule has 0 aliphatic heterocycles. The number of benzene rings is 2. The first-order valence-corrected chi connectivity index (χ1v) is 6.31. The third kappa shape index (κ3) is 3.26. The third-order valence-electron chi connectivity index (χ3n) is 2.99. The number of hydrogen-bond donors (Lipinski definition) is 5. The van der Waals surface area contributed by atoms with E-state index >= 15 is 0 Å². The second-order valence-electron chi connectivity index (χ2n) is 4.53. The summed E-state index contributed by atoms with van der Waals surface area (Å²) in [7, 11) is 1.11. The molecule has 8 heteroatoms. The predicted molar refractivity (Wildman–Crippen MR) is 78.8 cm³/mol. The Balaban J connectivity index is 2.43. The fraction of sp³-hybridized carbons (Fsp3) is 0.0667. The van der Waals surface area contributed by atoms with Gasteiger partial charge in [0.25, 0.3) is 5.91 Å². The number of phenolic OH excluding ortho intramolecular Hbond substituents is 4. The van der Waals surface area contributed by atoms with Gasteiger partial charge in [-0.1, -0.05) is 0 Å². The van der Waals surface area contributed by atoms with Gasteiger partial charge in [-0.2, -0.15) is 0 Å². The van der Waals surface area contributed by atoms with Crippen LogP contribution in [0, 0.1) is 0 Å². The summed E-state index contributed by atoms with van der Waals surface area (Å²) >= 11 is 0. The number of carbonyl (C=O) groups is 2. The minimum atomic E-state index is -0.851. The van der Waals surface area contributed by atoms with Crippen LogP contribution >= 0.6 is 0 Å². The van der Waals surface area contributed by atoms with Crippen LogP contribution in [-0.2, 0) is 4.74 Å². The number of amides is 1. The van der Waals surface area contributed by atoms with Gasteiger partial charge >= 0.3 is 5.97 Å². The molecule has 23 heavy (non-hydrogen) atoms. The normalized spacial score (nSPS) is 10.1. The Kier molecular flexibility index (Phi) is 4.26. The summed E-state index contributed by atoms with van der Waals surface area (Å²) in [6.45, 7) is 0. The van der Waals surface area contributed by atoms with E-state index in [9.17, 15) is 30.0 Å². The third-order valence-corrected chi connectivity index (χ3v) is 2.99. The highest BCUT2D eigenvalue weighted by atomic mass is 16.5. The number of ether oxygens (including phenoxy) is 1. The van der Waals surface area contributed by atoms with E-state index < -0.39 is 23.4 Å². The predicted octanol–water partition coefficient (Wildman–Crippen LogP) is 1.55. The van der Waals surface area contributed by atoms with Crippen molar-refractivity contribution in [3.8, 4) is 23.0 Å². The van der Waals surface area contributed by atoms with E-state index in [1.54, 1.807) is 0 Å². The summed E-state index contributed by atoms with van der Waals surface area (Å²) < 4.78 is 4.53. The molecule has 0 radical (unpaired) electrons. The summed E-state index contributed by atoms with van der Waals surface area (Å²) in [6, 6.07) is 5.24. The van der Waals surface area contributed by atoms with Crippen LogP contribution in [0.5, 0.6) is 23.0 Å². The van der Waals surface area contributed by atoms with E-state index in [-0.39, 0.29) is 28.3 Å². The summed E-state index contributed by atoms with van der Waals surface area (Å²) in [6.07, 6.45) is 0. The number of aromatic hydroxyl groups is 4. The molecule has 0 saturated heterocycles. The molecule has 0 aliphatic carbocycles. The van der Waals surface area contributed by atoms with Crippen LogP contribution in [-0.4, -0.2) is 39.4 Å². The fourth-order valence-corrected chi connectivity index (χ4v) is 1.85. The van der Waals surface area contributed by atoms with Gasteiger partial charge in [-0.3, -0.25) is 4.79 Å². The molecule has 8 nitrogen and oxygen atoms in total. The van der Waals surface area contributed by atoms with E-state index in [0.717, 1.165) is 31.4 Å².